The highest BCUT2D eigenvalue weighted by Crippen LogP contribution is 2.28. The molecule has 1 aromatic carbocycles. The number of H-pyrrole nitrogens is 1. The number of nitrogens with zero attached hydrogens (tertiary/aromatic N) is 2. The first kappa shape index (κ1) is 12.2. The van der Waals surface area contributed by atoms with Crippen LogP contribution < -0.4 is 0 Å². The van der Waals surface area contributed by atoms with Crippen molar-refractivity contribution in [3.63, 3.8) is 0 Å². The molecule has 3 rings (SSSR count). The Kier molecular flexibility index (Phi) is 2.97. The number of fused-ring (bicyclic) bond motifs is 1. The van der Waals surface area contributed by atoms with Gasteiger partial charge in [0.1, 0.15) is 6.07 Å². The fraction of sp³-hybridized carbons (Fsp3) is 0.143. The Morgan fingerprint density at radius 3 is 2.89 bits per heavy atom. The Labute approximate surface area is 119 Å². The SMILES string of the molecule is CC(c1cccs1)n1c(=S)[nH]c2c(C#N)cccc21. The number of thiophene rings is 1. The second-order valence-corrected chi connectivity index (χ2v) is 5.67. The molecular weight excluding hydrogens is 274 g/mol. The van der Waals surface area contributed by atoms with E-state index < -0.39 is 0 Å². The molecule has 1 atom stereocenters. The predicted molar refractivity (Wildman–Crippen MR) is 80.0 cm³/mol. The highest BCUT2D eigenvalue weighted by Gasteiger charge is 2.15. The smallest absolute Gasteiger partial charge is 0.178 e. The maximum absolute atomic E-state index is 9.15. The summed E-state index contributed by atoms with van der Waals surface area (Å²) in [6.45, 7) is 2.12. The molecule has 0 saturated heterocycles. The number of hydrogen-bond acceptors (Lipinski definition) is 3. The van der Waals surface area contributed by atoms with Crippen molar-refractivity contribution in [2.45, 2.75) is 13.0 Å². The Bertz CT molecular complexity index is 819. The minimum Gasteiger partial charge on any atom is -0.329 e. The molecule has 19 heavy (non-hydrogen) atoms. The number of hydrogen-bond donors (Lipinski definition) is 1. The average Bonchev–Trinajstić information content (AvgIpc) is 3.04. The van der Waals surface area contributed by atoms with Gasteiger partial charge in [-0.25, -0.2) is 0 Å². The minimum absolute atomic E-state index is 0.162. The van der Waals surface area contributed by atoms with Crippen molar-refractivity contribution in [3.8, 4) is 6.07 Å². The van der Waals surface area contributed by atoms with E-state index in [2.05, 4.69) is 34.0 Å². The van der Waals surface area contributed by atoms with Crippen LogP contribution in [0.5, 0.6) is 0 Å². The van der Waals surface area contributed by atoms with E-state index in [9.17, 15) is 0 Å². The van der Waals surface area contributed by atoms with Crippen molar-refractivity contribution < 1.29 is 0 Å². The van der Waals surface area contributed by atoms with Crippen molar-refractivity contribution in [2.24, 2.45) is 0 Å². The maximum Gasteiger partial charge on any atom is 0.178 e. The average molecular weight is 285 g/mol. The van der Waals surface area contributed by atoms with Crippen LogP contribution in [0.3, 0.4) is 0 Å². The monoisotopic (exact) mass is 285 g/mol. The van der Waals surface area contributed by atoms with Crippen molar-refractivity contribution in [2.75, 3.05) is 0 Å². The molecule has 0 saturated carbocycles. The molecule has 3 nitrogen and oxygen atoms in total. The van der Waals surface area contributed by atoms with E-state index >= 15 is 0 Å². The lowest BCUT2D eigenvalue weighted by molar-refractivity contribution is 0.661. The summed E-state index contributed by atoms with van der Waals surface area (Å²) in [7, 11) is 0. The molecule has 0 amide bonds. The topological polar surface area (TPSA) is 44.5 Å². The quantitative estimate of drug-likeness (QED) is 0.716. The lowest BCUT2D eigenvalue weighted by atomic mass is 10.2. The van der Waals surface area contributed by atoms with Crippen LogP contribution in [0.1, 0.15) is 23.4 Å². The summed E-state index contributed by atoms with van der Waals surface area (Å²) in [5.74, 6) is 0. The molecule has 3 aromatic rings. The van der Waals surface area contributed by atoms with Gasteiger partial charge < -0.3 is 9.55 Å². The summed E-state index contributed by atoms with van der Waals surface area (Å²) in [4.78, 5) is 4.40. The number of aromatic amines is 1. The largest absolute Gasteiger partial charge is 0.329 e. The maximum atomic E-state index is 9.15. The molecule has 0 aliphatic heterocycles. The Morgan fingerprint density at radius 2 is 2.21 bits per heavy atom. The van der Waals surface area contributed by atoms with Crippen molar-refractivity contribution >= 4 is 34.6 Å². The molecule has 0 spiro atoms. The van der Waals surface area contributed by atoms with Gasteiger partial charge in [-0.3, -0.25) is 0 Å². The highest BCUT2D eigenvalue weighted by molar-refractivity contribution is 7.71. The fourth-order valence-electron chi connectivity index (χ4n) is 2.28. The van der Waals surface area contributed by atoms with Gasteiger partial charge in [0.05, 0.1) is 22.6 Å². The number of para-hydroxylation sites is 1. The zero-order valence-corrected chi connectivity index (χ0v) is 11.9. The van der Waals surface area contributed by atoms with Crippen LogP contribution in [0.2, 0.25) is 0 Å². The number of nitriles is 1. The normalized spacial score (nSPS) is 12.4. The predicted octanol–water partition coefficient (Wildman–Crippen LogP) is 4.24. The van der Waals surface area contributed by atoms with Gasteiger partial charge in [-0.15, -0.1) is 11.3 Å². The molecule has 5 heteroatoms. The van der Waals surface area contributed by atoms with Gasteiger partial charge in [0.2, 0.25) is 0 Å². The molecule has 0 radical (unpaired) electrons. The molecule has 1 N–H and O–H groups in total. The zero-order valence-electron chi connectivity index (χ0n) is 10.3. The van der Waals surface area contributed by atoms with Crippen LogP contribution in [0.15, 0.2) is 35.7 Å². The standard InChI is InChI=1S/C14H11N3S2/c1-9(12-6-3-7-19-12)17-11-5-2-4-10(8-15)13(11)16-14(17)18/h2-7,9H,1H3,(H,16,18). The van der Waals surface area contributed by atoms with Gasteiger partial charge in [-0.1, -0.05) is 12.1 Å². The molecule has 0 aliphatic carbocycles. The van der Waals surface area contributed by atoms with E-state index in [0.717, 1.165) is 11.0 Å². The van der Waals surface area contributed by atoms with Crippen molar-refractivity contribution in [1.29, 1.82) is 5.26 Å². The van der Waals surface area contributed by atoms with E-state index in [1.807, 2.05) is 18.2 Å². The van der Waals surface area contributed by atoms with E-state index in [1.54, 1.807) is 17.4 Å². The molecule has 1 unspecified atom stereocenters. The van der Waals surface area contributed by atoms with Crippen LogP contribution in [-0.4, -0.2) is 9.55 Å². The van der Waals surface area contributed by atoms with Gasteiger partial charge in [0.15, 0.2) is 4.77 Å². The van der Waals surface area contributed by atoms with Crippen LogP contribution in [0.25, 0.3) is 11.0 Å². The Morgan fingerprint density at radius 1 is 1.37 bits per heavy atom. The molecular formula is C14H11N3S2. The van der Waals surface area contributed by atoms with Crippen molar-refractivity contribution in [1.82, 2.24) is 9.55 Å². The second kappa shape index (κ2) is 4.65. The number of aromatic nitrogens is 2. The molecule has 0 aliphatic rings. The van der Waals surface area contributed by atoms with Crippen molar-refractivity contribution in [3.05, 3.63) is 50.9 Å². The summed E-state index contributed by atoms with van der Waals surface area (Å²) in [6.07, 6.45) is 0. The summed E-state index contributed by atoms with van der Waals surface area (Å²) in [5.41, 5.74) is 2.42. The molecule has 0 fully saturated rings. The van der Waals surface area contributed by atoms with E-state index in [0.29, 0.717) is 10.3 Å². The first-order valence-electron chi connectivity index (χ1n) is 5.89. The summed E-state index contributed by atoms with van der Waals surface area (Å²) >= 11 is 7.12. The molecule has 2 aromatic heterocycles. The Hall–Kier alpha value is -1.90. The van der Waals surface area contributed by atoms with Gasteiger partial charge in [-0.05, 0) is 42.7 Å². The summed E-state index contributed by atoms with van der Waals surface area (Å²) in [6, 6.07) is 12.2. The minimum atomic E-state index is 0.162. The molecule has 2 heterocycles. The Balaban J connectivity index is 2.28. The summed E-state index contributed by atoms with van der Waals surface area (Å²) in [5, 5.41) is 11.2. The van der Waals surface area contributed by atoms with Crippen LogP contribution in [-0.2, 0) is 0 Å². The lowest BCUT2D eigenvalue weighted by Crippen LogP contribution is -2.04. The molecule has 0 bridgehead atoms. The van der Waals surface area contributed by atoms with Gasteiger partial charge in [0.25, 0.3) is 0 Å². The third-order valence-corrected chi connectivity index (χ3v) is 4.56. The fourth-order valence-corrected chi connectivity index (χ4v) is 3.41. The summed E-state index contributed by atoms with van der Waals surface area (Å²) < 4.78 is 2.72. The number of imidazole rings is 1. The number of benzene rings is 1. The lowest BCUT2D eigenvalue weighted by Gasteiger charge is -2.12. The molecule has 94 valence electrons. The number of rotatable bonds is 2. The number of nitrogens with one attached hydrogen (secondary N) is 1. The first-order valence-corrected chi connectivity index (χ1v) is 7.18. The van der Waals surface area contributed by atoms with Crippen LogP contribution in [0.4, 0.5) is 0 Å². The van der Waals surface area contributed by atoms with E-state index in [-0.39, 0.29) is 6.04 Å². The van der Waals surface area contributed by atoms with E-state index in [1.165, 1.54) is 4.88 Å². The van der Waals surface area contributed by atoms with Crippen LogP contribution in [0, 0.1) is 16.1 Å². The third-order valence-electron chi connectivity index (χ3n) is 3.22. The van der Waals surface area contributed by atoms with Gasteiger partial charge in [0, 0.05) is 4.88 Å². The second-order valence-electron chi connectivity index (χ2n) is 4.30. The van der Waals surface area contributed by atoms with Crippen LogP contribution >= 0.6 is 23.6 Å². The van der Waals surface area contributed by atoms with Gasteiger partial charge in [-0.2, -0.15) is 5.26 Å². The first-order chi connectivity index (χ1) is 9.22. The highest BCUT2D eigenvalue weighted by atomic mass is 32.1. The van der Waals surface area contributed by atoms with Gasteiger partial charge >= 0.3 is 0 Å². The van der Waals surface area contributed by atoms with E-state index in [4.69, 9.17) is 17.5 Å². The third kappa shape index (κ3) is 1.89. The zero-order chi connectivity index (χ0) is 13.4.